The van der Waals surface area contributed by atoms with Crippen LogP contribution >= 0.6 is 23.2 Å². The zero-order valence-corrected chi connectivity index (χ0v) is 22.2. The quantitative estimate of drug-likeness (QED) is 0.226. The maximum atomic E-state index is 13.2. The van der Waals surface area contributed by atoms with Gasteiger partial charge in [-0.3, -0.25) is 9.36 Å². The molecule has 0 aliphatic heterocycles. The number of rotatable bonds is 11. The van der Waals surface area contributed by atoms with Gasteiger partial charge in [-0.1, -0.05) is 61.3 Å². The number of hydrogen-bond donors (Lipinski definition) is 3. The summed E-state index contributed by atoms with van der Waals surface area (Å²) in [6, 6.07) is 16.3. The Morgan fingerprint density at radius 2 is 1.78 bits per heavy atom. The van der Waals surface area contributed by atoms with Gasteiger partial charge >= 0.3 is 0 Å². The van der Waals surface area contributed by atoms with Gasteiger partial charge in [-0.25, -0.2) is 4.98 Å². The van der Waals surface area contributed by atoms with Gasteiger partial charge in [0.1, 0.15) is 24.0 Å². The summed E-state index contributed by atoms with van der Waals surface area (Å²) in [6.07, 6.45) is 5.75. The molecule has 0 aliphatic carbocycles. The number of hydrogen-bond acceptors (Lipinski definition) is 6. The third-order valence-corrected chi connectivity index (χ3v) is 6.04. The highest BCUT2D eigenvalue weighted by molar-refractivity contribution is 6.30. The van der Waals surface area contributed by atoms with Gasteiger partial charge in [-0.15, -0.1) is 0 Å². The van der Waals surface area contributed by atoms with E-state index in [9.17, 15) is 4.79 Å². The van der Waals surface area contributed by atoms with Gasteiger partial charge in [0.05, 0.1) is 0 Å². The number of aromatic nitrogens is 4. The van der Waals surface area contributed by atoms with Crippen LogP contribution in [0.25, 0.3) is 5.82 Å². The molecule has 1 atom stereocenters. The highest BCUT2D eigenvalue weighted by Crippen LogP contribution is 2.19. The van der Waals surface area contributed by atoms with Crippen LogP contribution in [0.15, 0.2) is 73.3 Å². The Balaban J connectivity index is 1.53. The summed E-state index contributed by atoms with van der Waals surface area (Å²) in [5, 5.41) is 10.9. The van der Waals surface area contributed by atoms with Gasteiger partial charge in [0.2, 0.25) is 11.9 Å². The summed E-state index contributed by atoms with van der Waals surface area (Å²) in [6.45, 7) is 5.07. The maximum Gasteiger partial charge on any atom is 0.242 e. The van der Waals surface area contributed by atoms with Gasteiger partial charge in [0, 0.05) is 41.6 Å². The van der Waals surface area contributed by atoms with E-state index in [-0.39, 0.29) is 11.8 Å². The second-order valence-corrected chi connectivity index (χ2v) is 9.93. The van der Waals surface area contributed by atoms with Gasteiger partial charge in [0.25, 0.3) is 0 Å². The van der Waals surface area contributed by atoms with E-state index in [0.29, 0.717) is 47.1 Å². The fourth-order valence-electron chi connectivity index (χ4n) is 3.73. The average molecular weight is 538 g/mol. The highest BCUT2D eigenvalue weighted by atomic mass is 35.5. The second kappa shape index (κ2) is 12.6. The molecular weight excluding hydrogens is 509 g/mol. The second-order valence-electron chi connectivity index (χ2n) is 9.06. The van der Waals surface area contributed by atoms with Crippen molar-refractivity contribution in [2.75, 3.05) is 10.6 Å². The van der Waals surface area contributed by atoms with E-state index >= 15 is 0 Å². The fourth-order valence-corrected chi connectivity index (χ4v) is 4.07. The standard InChI is InChI=1S/C27H29Cl2N7O/c1-18(2)12-23(26(37)32-15-19-6-8-21(28)9-7-19)33-27-34-24(14-25(35-27)36-11-10-30-17-36)31-16-20-4-3-5-22(29)13-20/h3-11,13-14,17-18,23H,12,15-16H2,1-2H3,(H,32,37)(H2,31,33,34,35). The topological polar surface area (TPSA) is 96.8 Å². The number of amides is 1. The number of halogens is 2. The largest absolute Gasteiger partial charge is 0.366 e. The maximum absolute atomic E-state index is 13.2. The first kappa shape index (κ1) is 26.4. The molecule has 0 saturated carbocycles. The Labute approximate surface area is 226 Å². The molecule has 8 nitrogen and oxygen atoms in total. The predicted molar refractivity (Wildman–Crippen MR) is 148 cm³/mol. The van der Waals surface area contributed by atoms with E-state index in [1.165, 1.54) is 0 Å². The third kappa shape index (κ3) is 7.93. The van der Waals surface area contributed by atoms with Gasteiger partial charge in [-0.2, -0.15) is 9.97 Å². The van der Waals surface area contributed by atoms with Crippen LogP contribution in [0.5, 0.6) is 0 Å². The first-order chi connectivity index (χ1) is 17.9. The monoisotopic (exact) mass is 537 g/mol. The molecule has 37 heavy (non-hydrogen) atoms. The van der Waals surface area contributed by atoms with Gasteiger partial charge in [0.15, 0.2) is 0 Å². The lowest BCUT2D eigenvalue weighted by Gasteiger charge is -2.21. The molecule has 2 heterocycles. The molecular formula is C27H29Cl2N7O. The molecule has 192 valence electrons. The van der Waals surface area contributed by atoms with E-state index in [4.69, 9.17) is 23.2 Å². The summed E-state index contributed by atoms with van der Waals surface area (Å²) >= 11 is 12.1. The van der Waals surface area contributed by atoms with Crippen LogP contribution in [-0.4, -0.2) is 31.5 Å². The van der Waals surface area contributed by atoms with Gasteiger partial charge in [-0.05, 0) is 47.7 Å². The SMILES string of the molecule is CC(C)CC(Nc1nc(NCc2cccc(Cl)c2)cc(-n2ccnc2)n1)C(=O)NCc1ccc(Cl)cc1. The summed E-state index contributed by atoms with van der Waals surface area (Å²) < 4.78 is 1.79. The van der Waals surface area contributed by atoms with E-state index in [0.717, 1.165) is 11.1 Å². The minimum Gasteiger partial charge on any atom is -0.366 e. The lowest BCUT2D eigenvalue weighted by atomic mass is 10.0. The lowest BCUT2D eigenvalue weighted by molar-refractivity contribution is -0.122. The lowest BCUT2D eigenvalue weighted by Crippen LogP contribution is -2.40. The Hall–Kier alpha value is -3.62. The van der Waals surface area contributed by atoms with Crippen LogP contribution in [0, 0.1) is 5.92 Å². The molecule has 2 aromatic carbocycles. The van der Waals surface area contributed by atoms with Crippen LogP contribution in [0.3, 0.4) is 0 Å². The van der Waals surface area contributed by atoms with Crippen LogP contribution in [0.4, 0.5) is 11.8 Å². The number of carbonyl (C=O) groups is 1. The highest BCUT2D eigenvalue weighted by Gasteiger charge is 2.21. The number of anilines is 2. The van der Waals surface area contributed by atoms with Crippen LogP contribution < -0.4 is 16.0 Å². The minimum absolute atomic E-state index is 0.131. The Bertz CT molecular complexity index is 1310. The summed E-state index contributed by atoms with van der Waals surface area (Å²) in [5.74, 6) is 1.70. The Kier molecular flexibility index (Phi) is 8.98. The van der Waals surface area contributed by atoms with Crippen molar-refractivity contribution in [2.45, 2.75) is 39.4 Å². The van der Waals surface area contributed by atoms with Crippen molar-refractivity contribution >= 4 is 40.9 Å². The molecule has 1 amide bonds. The molecule has 0 spiro atoms. The zero-order valence-electron chi connectivity index (χ0n) is 20.7. The normalized spacial score (nSPS) is 11.8. The van der Waals surface area contributed by atoms with Crippen molar-refractivity contribution in [3.8, 4) is 5.82 Å². The van der Waals surface area contributed by atoms with Crippen LogP contribution in [-0.2, 0) is 17.9 Å². The van der Waals surface area contributed by atoms with Crippen molar-refractivity contribution < 1.29 is 4.79 Å². The van der Waals surface area contributed by atoms with Crippen molar-refractivity contribution in [2.24, 2.45) is 5.92 Å². The zero-order chi connectivity index (χ0) is 26.2. The number of benzene rings is 2. The summed E-state index contributed by atoms with van der Waals surface area (Å²) in [7, 11) is 0. The first-order valence-electron chi connectivity index (χ1n) is 12.0. The van der Waals surface area contributed by atoms with Crippen molar-refractivity contribution in [3.05, 3.63) is 94.5 Å². The molecule has 1 unspecified atom stereocenters. The molecule has 4 rings (SSSR count). The molecule has 0 radical (unpaired) electrons. The average Bonchev–Trinajstić information content (AvgIpc) is 3.42. The molecule has 0 bridgehead atoms. The van der Waals surface area contributed by atoms with E-state index in [1.807, 2.05) is 42.5 Å². The fraction of sp³-hybridized carbons (Fsp3) is 0.259. The van der Waals surface area contributed by atoms with Crippen molar-refractivity contribution in [1.82, 2.24) is 24.8 Å². The predicted octanol–water partition coefficient (Wildman–Crippen LogP) is 5.72. The first-order valence-corrected chi connectivity index (χ1v) is 12.8. The van der Waals surface area contributed by atoms with Crippen LogP contribution in [0.1, 0.15) is 31.4 Å². The molecule has 4 aromatic rings. The molecule has 3 N–H and O–H groups in total. The Morgan fingerprint density at radius 1 is 0.973 bits per heavy atom. The molecule has 2 aromatic heterocycles. The summed E-state index contributed by atoms with van der Waals surface area (Å²) in [4.78, 5) is 26.6. The van der Waals surface area contributed by atoms with Gasteiger partial charge < -0.3 is 16.0 Å². The van der Waals surface area contributed by atoms with Crippen molar-refractivity contribution in [3.63, 3.8) is 0 Å². The molecule has 10 heteroatoms. The third-order valence-electron chi connectivity index (χ3n) is 5.55. The van der Waals surface area contributed by atoms with E-state index in [1.54, 1.807) is 35.4 Å². The van der Waals surface area contributed by atoms with E-state index < -0.39 is 6.04 Å². The number of carbonyl (C=O) groups excluding carboxylic acids is 1. The number of nitrogens with zero attached hydrogens (tertiary/aromatic N) is 4. The molecule has 0 saturated heterocycles. The Morgan fingerprint density at radius 3 is 2.49 bits per heavy atom. The van der Waals surface area contributed by atoms with Crippen LogP contribution in [0.2, 0.25) is 10.0 Å². The molecule has 0 fully saturated rings. The van der Waals surface area contributed by atoms with E-state index in [2.05, 4.69) is 44.7 Å². The number of imidazole rings is 1. The minimum atomic E-state index is -0.522. The number of nitrogens with one attached hydrogen (secondary N) is 3. The molecule has 0 aliphatic rings. The van der Waals surface area contributed by atoms with Crippen molar-refractivity contribution in [1.29, 1.82) is 0 Å². The smallest absolute Gasteiger partial charge is 0.242 e. The summed E-state index contributed by atoms with van der Waals surface area (Å²) in [5.41, 5.74) is 1.98.